The van der Waals surface area contributed by atoms with E-state index >= 15 is 0 Å². The highest BCUT2D eigenvalue weighted by Crippen LogP contribution is 2.29. The Morgan fingerprint density at radius 2 is 2.24 bits per heavy atom. The van der Waals surface area contributed by atoms with Crippen molar-refractivity contribution in [1.82, 2.24) is 5.32 Å². The molecule has 2 rings (SSSR count). The van der Waals surface area contributed by atoms with E-state index < -0.39 is 0 Å². The van der Waals surface area contributed by atoms with Crippen LogP contribution in [-0.4, -0.2) is 24.1 Å². The van der Waals surface area contributed by atoms with Gasteiger partial charge in [0.2, 0.25) is 0 Å². The maximum absolute atomic E-state index is 3.47. The molecule has 1 heterocycles. The minimum atomic E-state index is 0.639. The van der Waals surface area contributed by atoms with Crippen LogP contribution in [0.4, 0.5) is 0 Å². The van der Waals surface area contributed by atoms with E-state index in [-0.39, 0.29) is 0 Å². The summed E-state index contributed by atoms with van der Waals surface area (Å²) in [6.07, 6.45) is 8.44. The highest BCUT2D eigenvalue weighted by atomic mass is 32.2. The number of thioether (sulfide) groups is 1. The molecule has 1 aliphatic carbocycles. The third-order valence-electron chi connectivity index (χ3n) is 3.52. The molecule has 0 spiro atoms. The van der Waals surface area contributed by atoms with Crippen molar-refractivity contribution in [2.45, 2.75) is 49.8 Å². The average Bonchev–Trinajstić information content (AvgIpc) is 2.88. The first-order valence-corrected chi connectivity index (χ1v) is 8.62. The lowest BCUT2D eigenvalue weighted by atomic mass is 10.0. The number of nitrogens with one attached hydrogen (secondary N) is 1. The van der Waals surface area contributed by atoms with Crippen molar-refractivity contribution in [3.63, 3.8) is 0 Å². The van der Waals surface area contributed by atoms with Gasteiger partial charge >= 0.3 is 0 Å². The summed E-state index contributed by atoms with van der Waals surface area (Å²) in [5, 5.41) is 6.58. The zero-order chi connectivity index (χ0) is 11.9. The van der Waals surface area contributed by atoms with Crippen LogP contribution < -0.4 is 5.32 Å². The Kier molecular flexibility index (Phi) is 5.89. The van der Waals surface area contributed by atoms with Crippen LogP contribution in [0.1, 0.15) is 37.0 Å². The normalized spacial score (nSPS) is 19.4. The first-order chi connectivity index (χ1) is 8.38. The Balaban J connectivity index is 1.71. The molecular weight excluding hydrogens is 246 g/mol. The monoisotopic (exact) mass is 269 g/mol. The molecule has 1 fully saturated rings. The van der Waals surface area contributed by atoms with Gasteiger partial charge in [0.15, 0.2) is 0 Å². The van der Waals surface area contributed by atoms with Gasteiger partial charge in [-0.15, -0.1) is 11.3 Å². The van der Waals surface area contributed by atoms with E-state index in [0.717, 1.165) is 5.25 Å². The summed E-state index contributed by atoms with van der Waals surface area (Å²) in [7, 11) is 2.10. The molecule has 0 aliphatic heterocycles. The first-order valence-electron chi connectivity index (χ1n) is 6.69. The molecule has 1 unspecified atom stereocenters. The van der Waals surface area contributed by atoms with Crippen molar-refractivity contribution in [3.8, 4) is 0 Å². The zero-order valence-electron chi connectivity index (χ0n) is 10.7. The molecule has 1 atom stereocenters. The molecule has 17 heavy (non-hydrogen) atoms. The van der Waals surface area contributed by atoms with Crippen LogP contribution in [-0.2, 0) is 6.42 Å². The second-order valence-electron chi connectivity index (χ2n) is 4.86. The van der Waals surface area contributed by atoms with Gasteiger partial charge in [0.25, 0.3) is 0 Å². The van der Waals surface area contributed by atoms with E-state index in [1.807, 2.05) is 11.3 Å². The fraction of sp³-hybridized carbons (Fsp3) is 0.714. The van der Waals surface area contributed by atoms with Crippen LogP contribution in [0.5, 0.6) is 0 Å². The lowest BCUT2D eigenvalue weighted by molar-refractivity contribution is 0.514. The van der Waals surface area contributed by atoms with Crippen molar-refractivity contribution < 1.29 is 0 Å². The van der Waals surface area contributed by atoms with E-state index in [1.54, 1.807) is 0 Å². The Bertz CT molecular complexity index is 291. The minimum absolute atomic E-state index is 0.639. The van der Waals surface area contributed by atoms with Crippen LogP contribution >= 0.6 is 23.1 Å². The number of rotatable bonds is 6. The molecule has 0 radical (unpaired) electrons. The van der Waals surface area contributed by atoms with Gasteiger partial charge in [-0.1, -0.05) is 25.3 Å². The molecular formula is C14H23NS2. The molecule has 1 N–H and O–H groups in total. The number of hydrogen-bond donors (Lipinski definition) is 1. The Labute approximate surface area is 113 Å². The number of hydrogen-bond acceptors (Lipinski definition) is 3. The maximum atomic E-state index is 3.47. The van der Waals surface area contributed by atoms with Crippen molar-refractivity contribution in [1.29, 1.82) is 0 Å². The molecule has 96 valence electrons. The van der Waals surface area contributed by atoms with Crippen molar-refractivity contribution in [2.75, 3.05) is 12.8 Å². The SMILES string of the molecule is CNC(CSC1CCCCC1)Cc1cccs1. The highest BCUT2D eigenvalue weighted by molar-refractivity contribution is 7.99. The predicted molar refractivity (Wildman–Crippen MR) is 80.2 cm³/mol. The van der Waals surface area contributed by atoms with E-state index in [2.05, 4.69) is 41.6 Å². The molecule has 1 nitrogen and oxygen atoms in total. The van der Waals surface area contributed by atoms with Crippen LogP contribution in [0.2, 0.25) is 0 Å². The second kappa shape index (κ2) is 7.45. The largest absolute Gasteiger partial charge is 0.316 e. The van der Waals surface area contributed by atoms with Crippen LogP contribution in [0, 0.1) is 0 Å². The summed E-state index contributed by atoms with van der Waals surface area (Å²) in [6, 6.07) is 5.04. The molecule has 1 saturated carbocycles. The topological polar surface area (TPSA) is 12.0 Å². The summed E-state index contributed by atoms with van der Waals surface area (Å²) in [5.74, 6) is 1.26. The number of likely N-dealkylation sites (N-methyl/N-ethyl adjacent to an activating group) is 1. The van der Waals surface area contributed by atoms with E-state index in [4.69, 9.17) is 0 Å². The van der Waals surface area contributed by atoms with Crippen LogP contribution in [0.3, 0.4) is 0 Å². The molecule has 0 saturated heterocycles. The predicted octanol–water partition coefficient (Wildman–Crippen LogP) is 3.94. The molecule has 1 aromatic heterocycles. The molecule has 1 aromatic rings. The van der Waals surface area contributed by atoms with Gasteiger partial charge in [0.1, 0.15) is 0 Å². The van der Waals surface area contributed by atoms with Gasteiger partial charge < -0.3 is 5.32 Å². The average molecular weight is 269 g/mol. The highest BCUT2D eigenvalue weighted by Gasteiger charge is 2.16. The fourth-order valence-corrected chi connectivity index (χ4v) is 4.64. The Morgan fingerprint density at radius 1 is 1.41 bits per heavy atom. The van der Waals surface area contributed by atoms with Gasteiger partial charge in [-0.05, 0) is 37.8 Å². The zero-order valence-corrected chi connectivity index (χ0v) is 12.3. The van der Waals surface area contributed by atoms with E-state index in [0.29, 0.717) is 6.04 Å². The quantitative estimate of drug-likeness (QED) is 0.839. The smallest absolute Gasteiger partial charge is 0.0203 e. The minimum Gasteiger partial charge on any atom is -0.316 e. The third-order valence-corrected chi connectivity index (χ3v) is 5.96. The maximum Gasteiger partial charge on any atom is 0.0203 e. The van der Waals surface area contributed by atoms with Crippen LogP contribution in [0.25, 0.3) is 0 Å². The third kappa shape index (κ3) is 4.65. The molecule has 0 aromatic carbocycles. The standard InChI is InChI=1S/C14H23NS2/c1-15-12(10-14-8-5-9-16-14)11-17-13-6-3-2-4-7-13/h5,8-9,12-13,15H,2-4,6-7,10-11H2,1H3. The molecule has 3 heteroatoms. The fourth-order valence-electron chi connectivity index (χ4n) is 2.40. The van der Waals surface area contributed by atoms with Gasteiger partial charge in [0, 0.05) is 21.9 Å². The van der Waals surface area contributed by atoms with Crippen molar-refractivity contribution in [3.05, 3.63) is 22.4 Å². The van der Waals surface area contributed by atoms with Gasteiger partial charge in [-0.25, -0.2) is 0 Å². The van der Waals surface area contributed by atoms with Crippen LogP contribution in [0.15, 0.2) is 17.5 Å². The lowest BCUT2D eigenvalue weighted by Crippen LogP contribution is -2.30. The van der Waals surface area contributed by atoms with E-state index in [1.165, 1.54) is 49.2 Å². The van der Waals surface area contributed by atoms with Gasteiger partial charge in [-0.2, -0.15) is 11.8 Å². The second-order valence-corrected chi connectivity index (χ2v) is 7.23. The van der Waals surface area contributed by atoms with Crippen molar-refractivity contribution in [2.24, 2.45) is 0 Å². The van der Waals surface area contributed by atoms with E-state index in [9.17, 15) is 0 Å². The molecule has 0 bridgehead atoms. The summed E-state index contributed by atoms with van der Waals surface area (Å²) in [4.78, 5) is 1.51. The Morgan fingerprint density at radius 3 is 2.88 bits per heavy atom. The van der Waals surface area contributed by atoms with Gasteiger partial charge in [0.05, 0.1) is 0 Å². The summed E-state index contributed by atoms with van der Waals surface area (Å²) < 4.78 is 0. The van der Waals surface area contributed by atoms with Gasteiger partial charge in [-0.3, -0.25) is 0 Å². The summed E-state index contributed by atoms with van der Waals surface area (Å²) in [5.41, 5.74) is 0. The lowest BCUT2D eigenvalue weighted by Gasteiger charge is -2.23. The number of thiophene rings is 1. The Hall–Kier alpha value is 0.01000. The summed E-state index contributed by atoms with van der Waals surface area (Å²) >= 11 is 4.07. The molecule has 0 amide bonds. The first kappa shape index (κ1) is 13.4. The van der Waals surface area contributed by atoms with Crippen molar-refractivity contribution >= 4 is 23.1 Å². The summed E-state index contributed by atoms with van der Waals surface area (Å²) in [6.45, 7) is 0. The molecule has 1 aliphatic rings.